The highest BCUT2D eigenvalue weighted by atomic mass is 19.1. The van der Waals surface area contributed by atoms with E-state index in [9.17, 15) is 4.39 Å². The molecule has 0 saturated carbocycles. The van der Waals surface area contributed by atoms with E-state index in [1.54, 1.807) is 0 Å². The molecule has 0 spiro atoms. The first-order valence-electron chi connectivity index (χ1n) is 5.59. The van der Waals surface area contributed by atoms with Gasteiger partial charge in [0.15, 0.2) is 11.6 Å². The highest BCUT2D eigenvalue weighted by Gasteiger charge is 2.15. The number of nitrogens with one attached hydrogen (secondary N) is 1. The van der Waals surface area contributed by atoms with E-state index in [-0.39, 0.29) is 17.8 Å². The van der Waals surface area contributed by atoms with E-state index >= 15 is 0 Å². The fraction of sp³-hybridized carbons (Fsp3) is 0.333. The third-order valence-electron chi connectivity index (χ3n) is 2.66. The summed E-state index contributed by atoms with van der Waals surface area (Å²) < 4.78 is 18.9. The minimum Gasteiger partial charge on any atom is -0.466 e. The van der Waals surface area contributed by atoms with Crippen LogP contribution in [-0.2, 0) is 0 Å². The molecule has 3 N–H and O–H groups in total. The van der Waals surface area contributed by atoms with E-state index in [1.807, 2.05) is 26.8 Å². The van der Waals surface area contributed by atoms with E-state index in [1.165, 1.54) is 0 Å². The van der Waals surface area contributed by atoms with E-state index in [2.05, 4.69) is 15.3 Å². The van der Waals surface area contributed by atoms with E-state index in [4.69, 9.17) is 10.2 Å². The Kier molecular flexibility index (Phi) is 3.18. The second kappa shape index (κ2) is 4.64. The number of halogens is 1. The first-order valence-corrected chi connectivity index (χ1v) is 5.59. The van der Waals surface area contributed by atoms with Crippen molar-refractivity contribution in [1.82, 2.24) is 9.97 Å². The maximum absolute atomic E-state index is 13.5. The van der Waals surface area contributed by atoms with Crippen molar-refractivity contribution in [3.05, 3.63) is 35.2 Å². The molecule has 0 aromatic carbocycles. The monoisotopic (exact) mass is 250 g/mol. The summed E-state index contributed by atoms with van der Waals surface area (Å²) in [5.41, 5.74) is 6.39. The molecule has 0 radical (unpaired) electrons. The van der Waals surface area contributed by atoms with E-state index in [0.29, 0.717) is 0 Å². The fourth-order valence-corrected chi connectivity index (χ4v) is 1.85. The Morgan fingerprint density at radius 2 is 2.17 bits per heavy atom. The van der Waals surface area contributed by atoms with Crippen LogP contribution in [0.4, 0.5) is 16.2 Å². The highest BCUT2D eigenvalue weighted by Crippen LogP contribution is 2.25. The number of hydrogen-bond donors (Lipinski definition) is 2. The average molecular weight is 250 g/mol. The lowest BCUT2D eigenvalue weighted by molar-refractivity contribution is 0.499. The topological polar surface area (TPSA) is 77.0 Å². The van der Waals surface area contributed by atoms with Crippen LogP contribution in [-0.4, -0.2) is 9.97 Å². The number of nitrogens with zero attached hydrogens (tertiary/aromatic N) is 2. The molecule has 0 saturated heterocycles. The molecule has 0 amide bonds. The molecule has 2 rings (SSSR count). The van der Waals surface area contributed by atoms with Gasteiger partial charge in [0, 0.05) is 5.56 Å². The summed E-state index contributed by atoms with van der Waals surface area (Å²) in [6, 6.07) is 1.78. The van der Waals surface area contributed by atoms with Gasteiger partial charge in [-0.1, -0.05) is 0 Å². The molecule has 1 unspecified atom stereocenters. The minimum absolute atomic E-state index is 0.0335. The molecule has 6 heteroatoms. The zero-order chi connectivity index (χ0) is 13.3. The average Bonchev–Trinajstić information content (AvgIpc) is 2.63. The van der Waals surface area contributed by atoms with Gasteiger partial charge in [-0.25, -0.2) is 9.37 Å². The maximum Gasteiger partial charge on any atom is 0.222 e. The van der Waals surface area contributed by atoms with Gasteiger partial charge in [-0.3, -0.25) is 0 Å². The number of hydrogen-bond acceptors (Lipinski definition) is 5. The van der Waals surface area contributed by atoms with Crippen LogP contribution < -0.4 is 11.1 Å². The number of aromatic nitrogens is 2. The highest BCUT2D eigenvalue weighted by molar-refractivity contribution is 5.42. The first kappa shape index (κ1) is 12.3. The van der Waals surface area contributed by atoms with Crippen LogP contribution in [0.15, 0.2) is 16.7 Å². The second-order valence-electron chi connectivity index (χ2n) is 4.16. The van der Waals surface area contributed by atoms with Crippen LogP contribution in [0.2, 0.25) is 0 Å². The van der Waals surface area contributed by atoms with Gasteiger partial charge in [-0.15, -0.1) is 0 Å². The van der Waals surface area contributed by atoms with Gasteiger partial charge in [-0.2, -0.15) is 4.98 Å². The molecule has 0 aliphatic carbocycles. The zero-order valence-electron chi connectivity index (χ0n) is 10.5. The first-order chi connectivity index (χ1) is 8.47. The summed E-state index contributed by atoms with van der Waals surface area (Å²) in [4.78, 5) is 7.40. The Bertz CT molecular complexity index is 567. The molecule has 18 heavy (non-hydrogen) atoms. The van der Waals surface area contributed by atoms with Crippen molar-refractivity contribution in [1.29, 1.82) is 0 Å². The Morgan fingerprint density at radius 3 is 2.78 bits per heavy atom. The van der Waals surface area contributed by atoms with Gasteiger partial charge in [0.25, 0.3) is 0 Å². The molecular weight excluding hydrogens is 235 g/mol. The number of nitrogen functional groups attached to an aromatic ring is 1. The summed E-state index contributed by atoms with van der Waals surface area (Å²) in [7, 11) is 0. The quantitative estimate of drug-likeness (QED) is 0.875. The summed E-state index contributed by atoms with van der Waals surface area (Å²) in [5, 5.41) is 2.96. The van der Waals surface area contributed by atoms with Crippen LogP contribution in [0.3, 0.4) is 0 Å². The summed E-state index contributed by atoms with van der Waals surface area (Å²) in [6.45, 7) is 5.63. The van der Waals surface area contributed by atoms with E-state index in [0.717, 1.165) is 23.3 Å². The largest absolute Gasteiger partial charge is 0.466 e. The van der Waals surface area contributed by atoms with Crippen molar-refractivity contribution in [3.63, 3.8) is 0 Å². The van der Waals surface area contributed by atoms with Gasteiger partial charge in [0.2, 0.25) is 5.95 Å². The maximum atomic E-state index is 13.5. The summed E-state index contributed by atoms with van der Waals surface area (Å²) in [6.07, 6.45) is 1.05. The molecule has 0 fully saturated rings. The molecule has 2 heterocycles. The molecule has 5 nitrogen and oxygen atoms in total. The van der Waals surface area contributed by atoms with Gasteiger partial charge < -0.3 is 15.5 Å². The molecule has 1 atom stereocenters. The second-order valence-corrected chi connectivity index (χ2v) is 4.16. The smallest absolute Gasteiger partial charge is 0.222 e. The number of rotatable bonds is 3. The molecule has 0 aliphatic rings. The molecule has 2 aromatic rings. The lowest BCUT2D eigenvalue weighted by Gasteiger charge is -2.14. The van der Waals surface area contributed by atoms with Crippen molar-refractivity contribution in [2.75, 3.05) is 11.1 Å². The third-order valence-corrected chi connectivity index (χ3v) is 2.66. The Morgan fingerprint density at radius 1 is 1.44 bits per heavy atom. The van der Waals surface area contributed by atoms with Crippen molar-refractivity contribution >= 4 is 11.8 Å². The van der Waals surface area contributed by atoms with Gasteiger partial charge in [0.05, 0.1) is 12.2 Å². The van der Waals surface area contributed by atoms with Crippen molar-refractivity contribution < 1.29 is 8.81 Å². The lowest BCUT2D eigenvalue weighted by atomic mass is 10.1. The van der Waals surface area contributed by atoms with Gasteiger partial charge >= 0.3 is 0 Å². The van der Waals surface area contributed by atoms with Crippen molar-refractivity contribution in [2.45, 2.75) is 26.8 Å². The lowest BCUT2D eigenvalue weighted by Crippen LogP contribution is -2.11. The molecule has 0 bridgehead atoms. The SMILES string of the molecule is Cc1cc(C(C)Nc2nc(N)ncc2F)c(C)o1. The normalized spacial score (nSPS) is 12.4. The zero-order valence-corrected chi connectivity index (χ0v) is 10.5. The number of furan rings is 1. The summed E-state index contributed by atoms with van der Waals surface area (Å²) in [5.74, 6) is 1.21. The molecule has 2 aromatic heterocycles. The fourth-order valence-electron chi connectivity index (χ4n) is 1.85. The van der Waals surface area contributed by atoms with Crippen molar-refractivity contribution in [2.24, 2.45) is 0 Å². The molecule has 96 valence electrons. The Balaban J connectivity index is 2.23. The standard InChI is InChI=1S/C12H15FN4O/c1-6-4-9(8(3)18-6)7(2)16-11-10(13)5-15-12(14)17-11/h4-5,7H,1-3H3,(H3,14,15,16,17). The van der Waals surface area contributed by atoms with Crippen LogP contribution >= 0.6 is 0 Å². The molecule has 0 aliphatic heterocycles. The summed E-state index contributed by atoms with van der Waals surface area (Å²) >= 11 is 0. The number of anilines is 2. The van der Waals surface area contributed by atoms with Crippen LogP contribution in [0.5, 0.6) is 0 Å². The third kappa shape index (κ3) is 2.42. The van der Waals surface area contributed by atoms with Gasteiger partial charge in [0.1, 0.15) is 11.5 Å². The minimum atomic E-state index is -0.533. The Labute approximate surface area is 104 Å². The van der Waals surface area contributed by atoms with Crippen molar-refractivity contribution in [3.8, 4) is 0 Å². The van der Waals surface area contributed by atoms with E-state index < -0.39 is 5.82 Å². The number of nitrogens with two attached hydrogens (primary N) is 1. The van der Waals surface area contributed by atoms with Gasteiger partial charge in [-0.05, 0) is 26.8 Å². The predicted octanol–water partition coefficient (Wildman–Crippen LogP) is 2.58. The van der Waals surface area contributed by atoms with Crippen LogP contribution in [0.1, 0.15) is 30.0 Å². The van der Waals surface area contributed by atoms with Crippen LogP contribution in [0, 0.1) is 19.7 Å². The van der Waals surface area contributed by atoms with Crippen LogP contribution in [0.25, 0.3) is 0 Å². The predicted molar refractivity (Wildman–Crippen MR) is 66.6 cm³/mol. The number of aryl methyl sites for hydroxylation is 2. The molecular formula is C12H15FN4O. The Hall–Kier alpha value is -2.11.